The number of rotatable bonds is 8. The predicted octanol–water partition coefficient (Wildman–Crippen LogP) is 5.96. The number of nitrogens with one attached hydrogen (secondary N) is 1. The van der Waals surface area contributed by atoms with Gasteiger partial charge in [0, 0.05) is 23.5 Å². The van der Waals surface area contributed by atoms with Gasteiger partial charge in [0.15, 0.2) is 0 Å². The highest BCUT2D eigenvalue weighted by Crippen LogP contribution is 2.35. The Hall–Kier alpha value is -3.80. The lowest BCUT2D eigenvalue weighted by Gasteiger charge is -2.26. The molecule has 6 nitrogen and oxygen atoms in total. The molecule has 0 fully saturated rings. The van der Waals surface area contributed by atoms with Crippen molar-refractivity contribution in [2.75, 3.05) is 18.6 Å². The van der Waals surface area contributed by atoms with Gasteiger partial charge in [0.1, 0.15) is 11.8 Å². The van der Waals surface area contributed by atoms with Crippen molar-refractivity contribution in [2.45, 2.75) is 47.6 Å². The molecule has 6 heteroatoms. The maximum absolute atomic E-state index is 12.7. The van der Waals surface area contributed by atoms with Crippen LogP contribution in [0.4, 0.5) is 11.4 Å². The van der Waals surface area contributed by atoms with Gasteiger partial charge < -0.3 is 20.1 Å². The van der Waals surface area contributed by atoms with E-state index in [1.807, 2.05) is 32.0 Å². The van der Waals surface area contributed by atoms with E-state index in [4.69, 9.17) is 9.84 Å². The Morgan fingerprint density at radius 3 is 2.03 bits per heavy atom. The molecule has 0 aromatic heterocycles. The number of aryl methyl sites for hydroxylation is 4. The highest BCUT2D eigenvalue weighted by atomic mass is 16.5. The lowest BCUT2D eigenvalue weighted by molar-refractivity contribution is -0.138. The summed E-state index contributed by atoms with van der Waals surface area (Å²) in [5, 5.41) is 11.7. The van der Waals surface area contributed by atoms with Gasteiger partial charge in [-0.3, -0.25) is 9.59 Å². The molecule has 0 spiro atoms. The minimum absolute atomic E-state index is 0.377. The molecule has 0 bridgehead atoms. The molecule has 184 valence electrons. The van der Waals surface area contributed by atoms with Crippen molar-refractivity contribution in [2.24, 2.45) is 0 Å². The number of nitrogens with zero attached hydrogens (tertiary/aromatic N) is 1. The normalized spacial score (nSPS) is 11.6. The monoisotopic (exact) mass is 474 g/mol. The summed E-state index contributed by atoms with van der Waals surface area (Å²) < 4.78 is 5.53. The van der Waals surface area contributed by atoms with Crippen molar-refractivity contribution in [3.8, 4) is 16.9 Å². The first-order valence-electron chi connectivity index (χ1n) is 11.8. The van der Waals surface area contributed by atoms with Gasteiger partial charge in [-0.25, -0.2) is 0 Å². The lowest BCUT2D eigenvalue weighted by atomic mass is 9.94. The first-order valence-corrected chi connectivity index (χ1v) is 11.8. The fraction of sp³-hybridized carbons (Fsp3) is 0.310. The second-order valence-electron chi connectivity index (χ2n) is 8.93. The van der Waals surface area contributed by atoms with Gasteiger partial charge in [-0.2, -0.15) is 0 Å². The van der Waals surface area contributed by atoms with E-state index >= 15 is 0 Å². The minimum atomic E-state index is -1.06. The van der Waals surface area contributed by atoms with Gasteiger partial charge in [-0.15, -0.1) is 0 Å². The topological polar surface area (TPSA) is 78.9 Å². The molecule has 0 saturated carbocycles. The molecule has 3 aromatic rings. The van der Waals surface area contributed by atoms with Crippen LogP contribution in [0.5, 0.6) is 5.75 Å². The number of carbonyl (C=O) groups is 2. The van der Waals surface area contributed by atoms with Crippen LogP contribution in [0, 0.1) is 27.7 Å². The minimum Gasteiger partial charge on any atom is -0.496 e. The highest BCUT2D eigenvalue weighted by molar-refractivity contribution is 5.99. The summed E-state index contributed by atoms with van der Waals surface area (Å²) in [6, 6.07) is 15.6. The zero-order valence-corrected chi connectivity index (χ0v) is 21.5. The number of hydrogen-bond acceptors (Lipinski definition) is 4. The second-order valence-corrected chi connectivity index (χ2v) is 8.93. The van der Waals surface area contributed by atoms with Crippen LogP contribution in [0.1, 0.15) is 46.5 Å². The fourth-order valence-electron chi connectivity index (χ4n) is 4.59. The number of amides is 1. The molecule has 0 aliphatic rings. The molecule has 1 atom stereocenters. The summed E-state index contributed by atoms with van der Waals surface area (Å²) in [5.41, 5.74) is 8.52. The van der Waals surface area contributed by atoms with Crippen molar-refractivity contribution in [3.05, 3.63) is 76.3 Å². The second kappa shape index (κ2) is 10.6. The molecular weight excluding hydrogens is 440 g/mol. The van der Waals surface area contributed by atoms with E-state index < -0.39 is 12.0 Å². The quantitative estimate of drug-likeness (QED) is 0.421. The van der Waals surface area contributed by atoms with E-state index in [0.717, 1.165) is 57.0 Å². The molecule has 0 aliphatic carbocycles. The van der Waals surface area contributed by atoms with Gasteiger partial charge in [-0.05, 0) is 99.2 Å². The van der Waals surface area contributed by atoms with Gasteiger partial charge in [0.05, 0.1) is 7.11 Å². The van der Waals surface area contributed by atoms with Gasteiger partial charge in [0.2, 0.25) is 0 Å². The third-order valence-electron chi connectivity index (χ3n) is 6.25. The summed E-state index contributed by atoms with van der Waals surface area (Å²) in [6.07, 6.45) is 0. The van der Waals surface area contributed by atoms with E-state index in [9.17, 15) is 9.59 Å². The molecule has 0 unspecified atom stereocenters. The molecule has 35 heavy (non-hydrogen) atoms. The third kappa shape index (κ3) is 5.48. The van der Waals surface area contributed by atoms with E-state index in [0.29, 0.717) is 5.56 Å². The smallest absolute Gasteiger partial charge is 0.325 e. The average Bonchev–Trinajstić information content (AvgIpc) is 2.79. The van der Waals surface area contributed by atoms with Crippen LogP contribution in [0.15, 0.2) is 48.5 Å². The summed E-state index contributed by atoms with van der Waals surface area (Å²) in [4.78, 5) is 26.1. The van der Waals surface area contributed by atoms with Gasteiger partial charge in [-0.1, -0.05) is 24.3 Å². The third-order valence-corrected chi connectivity index (χ3v) is 6.25. The summed E-state index contributed by atoms with van der Waals surface area (Å²) in [5.74, 6) is -0.534. The van der Waals surface area contributed by atoms with Crippen molar-refractivity contribution in [3.63, 3.8) is 0 Å². The maximum Gasteiger partial charge on any atom is 0.325 e. The molecule has 3 rings (SSSR count). The van der Waals surface area contributed by atoms with Crippen LogP contribution in [0.2, 0.25) is 0 Å². The number of carboxylic acids is 1. The van der Waals surface area contributed by atoms with Crippen LogP contribution >= 0.6 is 0 Å². The number of ether oxygens (including phenoxy) is 1. The van der Waals surface area contributed by atoms with Crippen molar-refractivity contribution >= 4 is 23.3 Å². The number of carbonyl (C=O) groups excluding carboxylic acids is 1. The number of methoxy groups -OCH3 is 1. The number of anilines is 2. The Balaban J connectivity index is 1.98. The Morgan fingerprint density at radius 2 is 1.51 bits per heavy atom. The van der Waals surface area contributed by atoms with Crippen molar-refractivity contribution in [1.29, 1.82) is 0 Å². The molecule has 2 N–H and O–H groups in total. The molecule has 3 aromatic carbocycles. The standard InChI is InChI=1S/C29H34N2O4/c1-8-31(25-14-19(4)27(35-7)20(5)15-25)24-11-9-10-22(16-24)23-12-17(2)26(18(3)13-23)28(32)30-21(6)29(33)34/h9-16,21H,8H2,1-7H3,(H,30,32)(H,33,34)/t21-/m0/s1. The van der Waals surface area contributed by atoms with E-state index in [1.165, 1.54) is 6.92 Å². The highest BCUT2D eigenvalue weighted by Gasteiger charge is 2.19. The Labute approximate surface area is 207 Å². The number of aliphatic carboxylic acids is 1. The van der Waals surface area contributed by atoms with Crippen LogP contribution in [0.25, 0.3) is 11.1 Å². The Kier molecular flexibility index (Phi) is 7.85. The molecule has 0 aliphatic heterocycles. The van der Waals surface area contributed by atoms with Crippen LogP contribution < -0.4 is 15.0 Å². The Bertz CT molecular complexity index is 1220. The lowest BCUT2D eigenvalue weighted by Crippen LogP contribution is -2.38. The number of benzene rings is 3. The molecular formula is C29H34N2O4. The number of hydrogen-bond donors (Lipinski definition) is 2. The summed E-state index contributed by atoms with van der Waals surface area (Å²) in [6.45, 7) is 12.2. The fourth-order valence-corrected chi connectivity index (χ4v) is 4.59. The average molecular weight is 475 g/mol. The molecule has 0 heterocycles. The van der Waals surface area contributed by atoms with E-state index in [1.54, 1.807) is 7.11 Å². The summed E-state index contributed by atoms with van der Waals surface area (Å²) in [7, 11) is 1.70. The molecule has 0 saturated heterocycles. The van der Waals surface area contributed by atoms with Crippen LogP contribution in [-0.4, -0.2) is 36.7 Å². The Morgan fingerprint density at radius 1 is 0.914 bits per heavy atom. The maximum atomic E-state index is 12.7. The number of carboxylic acid groups (broad SMARTS) is 1. The first-order chi connectivity index (χ1) is 16.6. The largest absolute Gasteiger partial charge is 0.496 e. The van der Waals surface area contributed by atoms with Crippen molar-refractivity contribution in [1.82, 2.24) is 5.32 Å². The SMILES string of the molecule is CCN(c1cccc(-c2cc(C)c(C(=O)N[C@@H](C)C(=O)O)c(C)c2)c1)c1cc(C)c(OC)c(C)c1. The van der Waals surface area contributed by atoms with E-state index in [2.05, 4.69) is 61.3 Å². The first kappa shape index (κ1) is 25.8. The van der Waals surface area contributed by atoms with Gasteiger partial charge in [0.25, 0.3) is 5.91 Å². The zero-order chi connectivity index (χ0) is 25.9. The molecule has 0 radical (unpaired) electrons. The van der Waals surface area contributed by atoms with Crippen molar-refractivity contribution < 1.29 is 19.4 Å². The van der Waals surface area contributed by atoms with E-state index in [-0.39, 0.29) is 5.91 Å². The summed E-state index contributed by atoms with van der Waals surface area (Å²) >= 11 is 0. The van der Waals surface area contributed by atoms with Crippen LogP contribution in [0.3, 0.4) is 0 Å². The van der Waals surface area contributed by atoms with Crippen LogP contribution in [-0.2, 0) is 4.79 Å². The predicted molar refractivity (Wildman–Crippen MR) is 141 cm³/mol. The van der Waals surface area contributed by atoms with Gasteiger partial charge >= 0.3 is 5.97 Å². The zero-order valence-electron chi connectivity index (χ0n) is 21.5. The molecule has 1 amide bonds.